The van der Waals surface area contributed by atoms with Gasteiger partial charge in [0.05, 0.1) is 6.42 Å². The van der Waals surface area contributed by atoms with Crippen LogP contribution in [0, 0.1) is 5.92 Å². The van der Waals surface area contributed by atoms with Crippen LogP contribution in [-0.4, -0.2) is 42.2 Å². The molecular weight excluding hydrogens is 156 g/mol. The van der Waals surface area contributed by atoms with Gasteiger partial charge in [0.25, 0.3) is 0 Å². The number of rotatable bonds is 2. The summed E-state index contributed by atoms with van der Waals surface area (Å²) in [5.41, 5.74) is 5.80. The molecule has 1 aliphatic rings. The number of carboxylic acid groups (broad SMARTS) is 1. The van der Waals surface area contributed by atoms with Crippen LogP contribution in [0.5, 0.6) is 0 Å². The van der Waals surface area contributed by atoms with E-state index in [1.54, 1.807) is 0 Å². The van der Waals surface area contributed by atoms with Gasteiger partial charge < -0.3 is 15.7 Å². The van der Waals surface area contributed by atoms with Gasteiger partial charge in [0.1, 0.15) is 0 Å². The van der Waals surface area contributed by atoms with E-state index < -0.39 is 5.97 Å². The van der Waals surface area contributed by atoms with Crippen LogP contribution >= 0.6 is 0 Å². The summed E-state index contributed by atoms with van der Waals surface area (Å²) >= 11 is 0. The maximum absolute atomic E-state index is 10.4. The van der Waals surface area contributed by atoms with E-state index in [1.807, 2.05) is 7.05 Å². The number of hydrogen-bond acceptors (Lipinski definition) is 3. The summed E-state index contributed by atoms with van der Waals surface area (Å²) in [4.78, 5) is 12.6. The maximum atomic E-state index is 10.4. The molecule has 4 heteroatoms. The summed E-state index contributed by atoms with van der Waals surface area (Å²) in [7, 11) is 2.00. The second-order valence-electron chi connectivity index (χ2n) is 3.57. The van der Waals surface area contributed by atoms with Crippen LogP contribution in [0.4, 0.5) is 0 Å². The van der Waals surface area contributed by atoms with E-state index in [0.717, 1.165) is 19.5 Å². The Morgan fingerprint density at radius 2 is 2.42 bits per heavy atom. The van der Waals surface area contributed by atoms with Crippen LogP contribution in [0.25, 0.3) is 0 Å². The number of likely N-dealkylation sites (tertiary alicyclic amines) is 1. The Kier molecular flexibility index (Phi) is 3.05. The van der Waals surface area contributed by atoms with Crippen molar-refractivity contribution >= 4 is 5.97 Å². The Bertz CT molecular complexity index is 172. The molecule has 1 heterocycles. The standard InChI is InChI=1S/C8H16N2O2/c1-10-3-2-7(9)6(5-10)4-8(11)12/h6-7H,2-5,9H2,1H3,(H,11,12). The summed E-state index contributed by atoms with van der Waals surface area (Å²) in [6, 6.07) is 0.0669. The molecular formula is C8H16N2O2. The quantitative estimate of drug-likeness (QED) is 0.602. The molecule has 0 spiro atoms. The highest BCUT2D eigenvalue weighted by Gasteiger charge is 2.26. The fraction of sp³-hybridized carbons (Fsp3) is 0.875. The van der Waals surface area contributed by atoms with E-state index in [2.05, 4.69) is 4.90 Å². The lowest BCUT2D eigenvalue weighted by molar-refractivity contribution is -0.138. The largest absolute Gasteiger partial charge is 0.481 e. The summed E-state index contributed by atoms with van der Waals surface area (Å²) in [6.07, 6.45) is 1.11. The highest BCUT2D eigenvalue weighted by atomic mass is 16.4. The summed E-state index contributed by atoms with van der Waals surface area (Å²) in [6.45, 7) is 1.80. The third-order valence-electron chi connectivity index (χ3n) is 2.43. The molecule has 1 rings (SSSR count). The molecule has 0 aromatic carbocycles. The van der Waals surface area contributed by atoms with Crippen molar-refractivity contribution in [1.29, 1.82) is 0 Å². The van der Waals surface area contributed by atoms with Gasteiger partial charge in [-0.2, -0.15) is 0 Å². The van der Waals surface area contributed by atoms with Crippen molar-refractivity contribution in [2.75, 3.05) is 20.1 Å². The van der Waals surface area contributed by atoms with Gasteiger partial charge >= 0.3 is 5.97 Å². The number of nitrogens with zero attached hydrogens (tertiary/aromatic N) is 1. The first kappa shape index (κ1) is 9.48. The lowest BCUT2D eigenvalue weighted by Gasteiger charge is -2.33. The summed E-state index contributed by atoms with van der Waals surface area (Å²) in [5, 5.41) is 8.60. The molecule has 0 radical (unpaired) electrons. The van der Waals surface area contributed by atoms with E-state index in [-0.39, 0.29) is 18.4 Å². The fourth-order valence-corrected chi connectivity index (χ4v) is 1.67. The Labute approximate surface area is 72.3 Å². The van der Waals surface area contributed by atoms with Crippen LogP contribution < -0.4 is 5.73 Å². The van der Waals surface area contributed by atoms with Gasteiger partial charge in [0.2, 0.25) is 0 Å². The van der Waals surface area contributed by atoms with E-state index in [4.69, 9.17) is 10.8 Å². The summed E-state index contributed by atoms with van der Waals surface area (Å²) in [5.74, 6) is -0.619. The van der Waals surface area contributed by atoms with Gasteiger partial charge in [0.15, 0.2) is 0 Å². The molecule has 70 valence electrons. The van der Waals surface area contributed by atoms with Gasteiger partial charge in [-0.3, -0.25) is 4.79 Å². The normalized spacial score (nSPS) is 31.8. The molecule has 1 aliphatic heterocycles. The van der Waals surface area contributed by atoms with Gasteiger partial charge in [-0.1, -0.05) is 0 Å². The maximum Gasteiger partial charge on any atom is 0.303 e. The highest BCUT2D eigenvalue weighted by molar-refractivity contribution is 5.67. The van der Waals surface area contributed by atoms with Gasteiger partial charge in [-0.05, 0) is 25.9 Å². The zero-order valence-electron chi connectivity index (χ0n) is 7.36. The predicted octanol–water partition coefficient (Wildman–Crippen LogP) is -0.260. The molecule has 0 aromatic heterocycles. The number of carboxylic acids is 1. The van der Waals surface area contributed by atoms with Crippen molar-refractivity contribution in [3.8, 4) is 0 Å². The lowest BCUT2D eigenvalue weighted by atomic mass is 9.90. The minimum atomic E-state index is -0.745. The Morgan fingerprint density at radius 3 is 3.00 bits per heavy atom. The summed E-state index contributed by atoms with van der Waals surface area (Å²) < 4.78 is 0. The first-order valence-electron chi connectivity index (χ1n) is 4.25. The third-order valence-corrected chi connectivity index (χ3v) is 2.43. The van der Waals surface area contributed by atoms with E-state index in [0.29, 0.717) is 0 Å². The zero-order valence-corrected chi connectivity index (χ0v) is 7.36. The molecule has 0 amide bonds. The second kappa shape index (κ2) is 3.87. The van der Waals surface area contributed by atoms with E-state index in [9.17, 15) is 4.79 Å². The Balaban J connectivity index is 2.43. The zero-order chi connectivity index (χ0) is 9.14. The molecule has 0 bridgehead atoms. The van der Waals surface area contributed by atoms with Crippen molar-refractivity contribution in [2.45, 2.75) is 18.9 Å². The molecule has 12 heavy (non-hydrogen) atoms. The van der Waals surface area contributed by atoms with Crippen molar-refractivity contribution in [1.82, 2.24) is 4.90 Å². The molecule has 1 saturated heterocycles. The Hall–Kier alpha value is -0.610. The average molecular weight is 172 g/mol. The SMILES string of the molecule is CN1CCC(N)C(CC(=O)O)C1. The number of carbonyl (C=O) groups is 1. The molecule has 0 aliphatic carbocycles. The molecule has 1 fully saturated rings. The average Bonchev–Trinajstić information content (AvgIpc) is 1.96. The van der Waals surface area contributed by atoms with Gasteiger partial charge in [-0.25, -0.2) is 0 Å². The van der Waals surface area contributed by atoms with Gasteiger partial charge in [0, 0.05) is 12.6 Å². The first-order valence-corrected chi connectivity index (χ1v) is 4.25. The minimum absolute atomic E-state index is 0.0669. The van der Waals surface area contributed by atoms with Crippen LogP contribution in [-0.2, 0) is 4.79 Å². The van der Waals surface area contributed by atoms with Crippen molar-refractivity contribution in [2.24, 2.45) is 11.7 Å². The van der Waals surface area contributed by atoms with Crippen molar-refractivity contribution in [3.63, 3.8) is 0 Å². The predicted molar refractivity (Wildman–Crippen MR) is 45.8 cm³/mol. The van der Waals surface area contributed by atoms with E-state index in [1.165, 1.54) is 0 Å². The molecule has 4 nitrogen and oxygen atoms in total. The molecule has 0 saturated carbocycles. The van der Waals surface area contributed by atoms with E-state index >= 15 is 0 Å². The van der Waals surface area contributed by atoms with Crippen LogP contribution in [0.2, 0.25) is 0 Å². The molecule has 3 N–H and O–H groups in total. The smallest absolute Gasteiger partial charge is 0.303 e. The Morgan fingerprint density at radius 1 is 1.75 bits per heavy atom. The van der Waals surface area contributed by atoms with Gasteiger partial charge in [-0.15, -0.1) is 0 Å². The third kappa shape index (κ3) is 2.46. The van der Waals surface area contributed by atoms with Crippen LogP contribution in [0.3, 0.4) is 0 Å². The minimum Gasteiger partial charge on any atom is -0.481 e. The molecule has 0 aromatic rings. The lowest BCUT2D eigenvalue weighted by Crippen LogP contribution is -2.46. The van der Waals surface area contributed by atoms with Crippen molar-refractivity contribution in [3.05, 3.63) is 0 Å². The number of piperidine rings is 1. The second-order valence-corrected chi connectivity index (χ2v) is 3.57. The fourth-order valence-electron chi connectivity index (χ4n) is 1.67. The number of aliphatic carboxylic acids is 1. The molecule has 2 atom stereocenters. The highest BCUT2D eigenvalue weighted by Crippen LogP contribution is 2.17. The molecule has 2 unspecified atom stereocenters. The monoisotopic (exact) mass is 172 g/mol. The van der Waals surface area contributed by atoms with Crippen molar-refractivity contribution < 1.29 is 9.90 Å². The number of nitrogens with two attached hydrogens (primary N) is 1. The first-order chi connectivity index (χ1) is 5.59. The van der Waals surface area contributed by atoms with Crippen LogP contribution in [0.15, 0.2) is 0 Å². The van der Waals surface area contributed by atoms with Crippen LogP contribution in [0.1, 0.15) is 12.8 Å². The number of hydrogen-bond donors (Lipinski definition) is 2. The topological polar surface area (TPSA) is 66.6 Å².